The van der Waals surface area contributed by atoms with Crippen LogP contribution in [0.5, 0.6) is 0 Å². The molecule has 0 N–H and O–H groups in total. The van der Waals surface area contributed by atoms with Gasteiger partial charge in [-0.2, -0.15) is 0 Å². The van der Waals surface area contributed by atoms with Gasteiger partial charge in [0.2, 0.25) is 0 Å². The predicted octanol–water partition coefficient (Wildman–Crippen LogP) is 4.18. The molecule has 1 rings (SSSR count). The fourth-order valence-corrected chi connectivity index (χ4v) is 1.31. The molecule has 0 unspecified atom stereocenters. The molecule has 1 aliphatic carbocycles. The molecule has 0 spiro atoms. The lowest BCUT2D eigenvalue weighted by atomic mass is 10.1. The Morgan fingerprint density at radius 2 is 0.923 bits per heavy atom. The zero-order chi connectivity index (χ0) is 9.19. The lowest BCUT2D eigenvalue weighted by Crippen LogP contribution is -1.74. The van der Waals surface area contributed by atoms with E-state index >= 15 is 0 Å². The highest BCUT2D eigenvalue weighted by molar-refractivity contribution is 5.15. The van der Waals surface area contributed by atoms with E-state index in [1.807, 2.05) is 0 Å². The van der Waals surface area contributed by atoms with Crippen LogP contribution in [0.2, 0.25) is 0 Å². The number of allylic oxidation sites excluding steroid dienone is 8. The zero-order valence-corrected chi connectivity index (χ0v) is 8.15. The van der Waals surface area contributed by atoms with Crippen molar-refractivity contribution in [3.63, 3.8) is 0 Å². The van der Waals surface area contributed by atoms with Gasteiger partial charge in [0, 0.05) is 0 Å². The molecule has 0 aromatic heterocycles. The fraction of sp³-hybridized carbons (Fsp3) is 0.385. The smallest absolute Gasteiger partial charge is 0.0348 e. The van der Waals surface area contributed by atoms with Gasteiger partial charge in [-0.1, -0.05) is 55.0 Å². The molecule has 0 heterocycles. The Labute approximate surface area is 81.4 Å². The summed E-state index contributed by atoms with van der Waals surface area (Å²) in [7, 11) is 0. The van der Waals surface area contributed by atoms with Gasteiger partial charge in [-0.3, -0.25) is 0 Å². The maximum Gasteiger partial charge on any atom is -0.0348 e. The molecule has 0 atom stereocenters. The Morgan fingerprint density at radius 1 is 0.462 bits per heavy atom. The second-order valence-electron chi connectivity index (χ2n) is 3.26. The molecule has 0 aliphatic heterocycles. The van der Waals surface area contributed by atoms with E-state index in [0.717, 1.165) is 0 Å². The van der Waals surface area contributed by atoms with Crippen molar-refractivity contribution in [2.45, 2.75) is 32.1 Å². The van der Waals surface area contributed by atoms with Gasteiger partial charge in [-0.15, -0.1) is 0 Å². The summed E-state index contributed by atoms with van der Waals surface area (Å²) in [6.45, 7) is 0. The Balaban J connectivity index is 2.39. The standard InChI is InChI=1S/C13H18/c1-2-4-6-8-10-12-13-11-9-7-5-3-1/h1-8H,9-13H2/b3-1-,4-2+,7-5?,8-6?. The molecule has 13 heavy (non-hydrogen) atoms. The summed E-state index contributed by atoms with van der Waals surface area (Å²) in [6.07, 6.45) is 23.5. The van der Waals surface area contributed by atoms with Crippen molar-refractivity contribution in [3.8, 4) is 0 Å². The van der Waals surface area contributed by atoms with Crippen LogP contribution in [-0.2, 0) is 0 Å². The molecular weight excluding hydrogens is 156 g/mol. The van der Waals surface area contributed by atoms with E-state index in [4.69, 9.17) is 0 Å². The van der Waals surface area contributed by atoms with Crippen LogP contribution in [0.3, 0.4) is 0 Å². The van der Waals surface area contributed by atoms with Gasteiger partial charge in [-0.25, -0.2) is 0 Å². The summed E-state index contributed by atoms with van der Waals surface area (Å²) >= 11 is 0. The first kappa shape index (κ1) is 10.0. The third kappa shape index (κ3) is 6.15. The second kappa shape index (κ2) is 7.60. The van der Waals surface area contributed by atoms with E-state index in [1.54, 1.807) is 0 Å². The first-order chi connectivity index (χ1) is 6.50. The topological polar surface area (TPSA) is 0 Å². The van der Waals surface area contributed by atoms with Gasteiger partial charge in [0.1, 0.15) is 0 Å². The summed E-state index contributed by atoms with van der Waals surface area (Å²) in [5.74, 6) is 0. The monoisotopic (exact) mass is 174 g/mol. The SMILES string of the molecule is C1=CCCCCCC=C/C=C/C=C\1. The van der Waals surface area contributed by atoms with Crippen LogP contribution in [0.1, 0.15) is 32.1 Å². The molecule has 1 aliphatic rings. The van der Waals surface area contributed by atoms with Gasteiger partial charge in [0.05, 0.1) is 0 Å². The van der Waals surface area contributed by atoms with Gasteiger partial charge in [0.25, 0.3) is 0 Å². The summed E-state index contributed by atoms with van der Waals surface area (Å²) in [4.78, 5) is 0. The Kier molecular flexibility index (Phi) is 5.87. The predicted molar refractivity (Wildman–Crippen MR) is 59.6 cm³/mol. The zero-order valence-electron chi connectivity index (χ0n) is 8.15. The van der Waals surface area contributed by atoms with Crippen molar-refractivity contribution in [1.29, 1.82) is 0 Å². The minimum absolute atomic E-state index is 1.22. The van der Waals surface area contributed by atoms with E-state index in [9.17, 15) is 0 Å². The lowest BCUT2D eigenvalue weighted by molar-refractivity contribution is 0.696. The van der Waals surface area contributed by atoms with E-state index in [1.165, 1.54) is 32.1 Å². The first-order valence-corrected chi connectivity index (χ1v) is 5.15. The number of hydrogen-bond acceptors (Lipinski definition) is 0. The minimum Gasteiger partial charge on any atom is -0.0845 e. The largest absolute Gasteiger partial charge is 0.0845 e. The highest BCUT2D eigenvalue weighted by atomic mass is 13.9. The van der Waals surface area contributed by atoms with Crippen molar-refractivity contribution in [2.75, 3.05) is 0 Å². The Hall–Kier alpha value is -1.04. The van der Waals surface area contributed by atoms with Crippen molar-refractivity contribution < 1.29 is 0 Å². The van der Waals surface area contributed by atoms with Gasteiger partial charge >= 0.3 is 0 Å². The Morgan fingerprint density at radius 3 is 1.46 bits per heavy atom. The molecule has 0 heteroatoms. The fourth-order valence-electron chi connectivity index (χ4n) is 1.31. The summed E-state index contributed by atoms with van der Waals surface area (Å²) in [5.41, 5.74) is 0. The lowest BCUT2D eigenvalue weighted by Gasteiger charge is -1.93. The average Bonchev–Trinajstić information content (AvgIpc) is 2.18. The van der Waals surface area contributed by atoms with E-state index in [-0.39, 0.29) is 0 Å². The van der Waals surface area contributed by atoms with Crippen LogP contribution in [-0.4, -0.2) is 0 Å². The molecule has 0 radical (unpaired) electrons. The molecular formula is C13H18. The summed E-state index contributed by atoms with van der Waals surface area (Å²) in [5, 5.41) is 0. The molecule has 0 bridgehead atoms. The van der Waals surface area contributed by atoms with Crippen molar-refractivity contribution >= 4 is 0 Å². The molecule has 0 aromatic carbocycles. The highest BCUT2D eigenvalue weighted by Gasteiger charge is 1.85. The minimum atomic E-state index is 1.22. The first-order valence-electron chi connectivity index (χ1n) is 5.15. The normalized spacial score (nSPS) is 24.0. The summed E-state index contributed by atoms with van der Waals surface area (Å²) in [6, 6.07) is 0. The van der Waals surface area contributed by atoms with Crippen molar-refractivity contribution in [2.24, 2.45) is 0 Å². The van der Waals surface area contributed by atoms with E-state index < -0.39 is 0 Å². The number of hydrogen-bond donors (Lipinski definition) is 0. The van der Waals surface area contributed by atoms with Crippen molar-refractivity contribution in [1.82, 2.24) is 0 Å². The maximum absolute atomic E-state index is 2.25. The van der Waals surface area contributed by atoms with Gasteiger partial charge < -0.3 is 0 Å². The van der Waals surface area contributed by atoms with E-state index in [2.05, 4.69) is 48.6 Å². The quantitative estimate of drug-likeness (QED) is 0.517. The van der Waals surface area contributed by atoms with Crippen molar-refractivity contribution in [3.05, 3.63) is 48.6 Å². The van der Waals surface area contributed by atoms with Crippen LogP contribution in [0.25, 0.3) is 0 Å². The second-order valence-corrected chi connectivity index (χ2v) is 3.26. The summed E-state index contributed by atoms with van der Waals surface area (Å²) < 4.78 is 0. The third-order valence-electron chi connectivity index (χ3n) is 2.07. The molecule has 0 nitrogen and oxygen atoms in total. The maximum atomic E-state index is 2.25. The highest BCUT2D eigenvalue weighted by Crippen LogP contribution is 2.04. The van der Waals surface area contributed by atoms with E-state index in [0.29, 0.717) is 0 Å². The molecule has 0 saturated heterocycles. The van der Waals surface area contributed by atoms with Crippen LogP contribution in [0, 0.1) is 0 Å². The molecule has 0 saturated carbocycles. The van der Waals surface area contributed by atoms with Crippen LogP contribution < -0.4 is 0 Å². The van der Waals surface area contributed by atoms with Gasteiger partial charge in [-0.05, 0) is 25.7 Å². The molecule has 0 aromatic rings. The van der Waals surface area contributed by atoms with Crippen LogP contribution in [0.4, 0.5) is 0 Å². The van der Waals surface area contributed by atoms with Gasteiger partial charge in [0.15, 0.2) is 0 Å². The molecule has 0 amide bonds. The molecule has 0 fully saturated rings. The number of rotatable bonds is 0. The molecule has 70 valence electrons. The van der Waals surface area contributed by atoms with Crippen LogP contribution in [0.15, 0.2) is 48.6 Å². The third-order valence-corrected chi connectivity index (χ3v) is 2.07. The average molecular weight is 174 g/mol. The Bertz CT molecular complexity index is 192. The van der Waals surface area contributed by atoms with Crippen LogP contribution >= 0.6 is 0 Å².